The number of para-hydroxylation sites is 1. The number of aliphatic imine (C=N–C) groups is 1. The Hall–Kier alpha value is -3.69. The molecule has 0 radical (unpaired) electrons. The number of nitrogens with zero attached hydrogens (tertiary/aromatic N) is 5. The summed E-state index contributed by atoms with van der Waals surface area (Å²) >= 11 is 6.71. The number of pyridine rings is 3. The fourth-order valence-corrected chi connectivity index (χ4v) is 5.62. The van der Waals surface area contributed by atoms with Crippen molar-refractivity contribution in [1.29, 1.82) is 0 Å². The second-order valence-electron chi connectivity index (χ2n) is 10.1. The van der Waals surface area contributed by atoms with Gasteiger partial charge in [0.15, 0.2) is 5.72 Å². The molecule has 2 aliphatic heterocycles. The average molecular weight is 555 g/mol. The van der Waals surface area contributed by atoms with E-state index in [1.165, 1.54) is 0 Å². The number of halogens is 1. The van der Waals surface area contributed by atoms with Crippen LogP contribution >= 0.6 is 11.6 Å². The summed E-state index contributed by atoms with van der Waals surface area (Å²) in [6.45, 7) is 6.86. The summed E-state index contributed by atoms with van der Waals surface area (Å²) in [6, 6.07) is 13.5. The van der Waals surface area contributed by atoms with E-state index in [1.807, 2.05) is 68.0 Å². The molecule has 2 unspecified atom stereocenters. The van der Waals surface area contributed by atoms with Crippen molar-refractivity contribution in [2.24, 2.45) is 4.99 Å². The van der Waals surface area contributed by atoms with E-state index in [2.05, 4.69) is 33.2 Å². The zero-order chi connectivity index (χ0) is 27.7. The van der Waals surface area contributed by atoms with Crippen molar-refractivity contribution in [1.82, 2.24) is 19.9 Å². The van der Waals surface area contributed by atoms with Crippen molar-refractivity contribution in [3.8, 4) is 11.4 Å². The maximum absolute atomic E-state index is 6.71. The zero-order valence-electron chi connectivity index (χ0n) is 22.8. The van der Waals surface area contributed by atoms with Gasteiger partial charge in [-0.2, -0.15) is 0 Å². The second kappa shape index (κ2) is 11.1. The van der Waals surface area contributed by atoms with Crippen molar-refractivity contribution in [3.05, 3.63) is 94.5 Å². The number of benzene rings is 1. The van der Waals surface area contributed by atoms with Gasteiger partial charge in [-0.3, -0.25) is 19.9 Å². The van der Waals surface area contributed by atoms with Crippen LogP contribution in [0.1, 0.15) is 22.7 Å². The largest absolute Gasteiger partial charge is 0.379 e. The van der Waals surface area contributed by atoms with Gasteiger partial charge in [0.05, 0.1) is 47.0 Å². The number of methoxy groups -OCH3 is 1. The highest BCUT2D eigenvalue weighted by atomic mass is 35.5. The smallest absolute Gasteiger partial charge is 0.178 e. The highest BCUT2D eigenvalue weighted by molar-refractivity contribution is 6.35. The molecule has 204 valence electrons. The molecule has 2 aliphatic rings. The Morgan fingerprint density at radius 3 is 2.70 bits per heavy atom. The molecule has 3 aromatic heterocycles. The first-order valence-electron chi connectivity index (χ1n) is 13.3. The van der Waals surface area contributed by atoms with Crippen LogP contribution in [0, 0.1) is 13.8 Å². The van der Waals surface area contributed by atoms with E-state index in [-0.39, 0.29) is 6.04 Å². The van der Waals surface area contributed by atoms with Crippen LogP contribution in [0.3, 0.4) is 0 Å². The molecular weight excluding hydrogens is 524 g/mol. The number of aryl methyl sites for hydroxylation is 1. The standard InChI is InChI=1S/C31H31ClN6O2/c1-20-9-11-34-25(16-20)28-21(2)27(23-7-4-8-24(32)30(23)37-28)36-26-17-31(39-3,38-12-14-40-15-13-38)19-35-29(26)22-6-5-10-33-18-22/h4-11,16-19,29H,12-15H2,1-3H3,(H,36,37). The number of rotatable bonds is 6. The minimum Gasteiger partial charge on any atom is -0.379 e. The highest BCUT2D eigenvalue weighted by Gasteiger charge is 2.39. The number of ether oxygens (including phenoxy) is 2. The highest BCUT2D eigenvalue weighted by Crippen LogP contribution is 2.40. The van der Waals surface area contributed by atoms with Gasteiger partial charge in [-0.15, -0.1) is 0 Å². The molecule has 0 bridgehead atoms. The molecule has 1 N–H and O–H groups in total. The van der Waals surface area contributed by atoms with Crippen LogP contribution in [-0.2, 0) is 9.47 Å². The normalized spacial score (nSPS) is 21.4. The number of aromatic nitrogens is 3. The minimum atomic E-state index is -0.819. The second-order valence-corrected chi connectivity index (χ2v) is 10.5. The lowest BCUT2D eigenvalue weighted by molar-refractivity contribution is -0.0878. The molecule has 0 amide bonds. The molecule has 8 nitrogen and oxygen atoms in total. The lowest BCUT2D eigenvalue weighted by atomic mass is 9.97. The van der Waals surface area contributed by atoms with Crippen molar-refractivity contribution in [2.45, 2.75) is 25.6 Å². The fourth-order valence-electron chi connectivity index (χ4n) is 5.40. The molecule has 2 atom stereocenters. The lowest BCUT2D eigenvalue weighted by Gasteiger charge is -2.42. The Morgan fingerprint density at radius 1 is 1.10 bits per heavy atom. The van der Waals surface area contributed by atoms with E-state index in [0.29, 0.717) is 23.8 Å². The first-order valence-corrected chi connectivity index (χ1v) is 13.7. The first-order chi connectivity index (χ1) is 19.5. The van der Waals surface area contributed by atoms with Gasteiger partial charge in [-0.25, -0.2) is 4.98 Å². The van der Waals surface area contributed by atoms with Crippen LogP contribution in [0.4, 0.5) is 5.69 Å². The number of hydrogen-bond donors (Lipinski definition) is 1. The van der Waals surface area contributed by atoms with Crippen LogP contribution in [0.5, 0.6) is 0 Å². The van der Waals surface area contributed by atoms with E-state index in [4.69, 9.17) is 31.1 Å². The Labute approximate surface area is 238 Å². The number of dihydropyridines is 1. The molecule has 4 aromatic rings. The van der Waals surface area contributed by atoms with Gasteiger partial charge >= 0.3 is 0 Å². The van der Waals surface area contributed by atoms with E-state index in [0.717, 1.165) is 57.9 Å². The van der Waals surface area contributed by atoms with Gasteiger partial charge in [0.25, 0.3) is 0 Å². The van der Waals surface area contributed by atoms with Gasteiger partial charge in [-0.1, -0.05) is 29.8 Å². The lowest BCUT2D eigenvalue weighted by Crippen LogP contribution is -2.56. The molecule has 0 spiro atoms. The van der Waals surface area contributed by atoms with E-state index in [1.54, 1.807) is 13.3 Å². The molecule has 0 aliphatic carbocycles. The quantitative estimate of drug-likeness (QED) is 0.324. The topological polar surface area (TPSA) is 84.8 Å². The van der Waals surface area contributed by atoms with Crippen LogP contribution in [0.2, 0.25) is 5.02 Å². The SMILES string of the molecule is COC1(N2CCOCC2)C=NC(c2cccnc2)C(Nc2c(C)c(-c3cc(C)ccn3)nc3c(Cl)cccc23)=C1. The molecule has 6 rings (SSSR count). The summed E-state index contributed by atoms with van der Waals surface area (Å²) in [5, 5.41) is 5.27. The summed E-state index contributed by atoms with van der Waals surface area (Å²) < 4.78 is 11.8. The van der Waals surface area contributed by atoms with Crippen molar-refractivity contribution >= 4 is 34.4 Å². The molecular formula is C31H31ClN6O2. The third kappa shape index (κ3) is 4.88. The van der Waals surface area contributed by atoms with Crippen LogP contribution < -0.4 is 5.32 Å². The summed E-state index contributed by atoms with van der Waals surface area (Å²) in [6.07, 6.45) is 9.45. The Balaban J connectivity index is 1.53. The number of morpholine rings is 1. The molecule has 40 heavy (non-hydrogen) atoms. The molecule has 1 saturated heterocycles. The van der Waals surface area contributed by atoms with E-state index >= 15 is 0 Å². The number of fused-ring (bicyclic) bond motifs is 1. The molecule has 1 aromatic carbocycles. The van der Waals surface area contributed by atoms with Gasteiger partial charge in [0.1, 0.15) is 6.04 Å². The Kier molecular flexibility index (Phi) is 7.33. The van der Waals surface area contributed by atoms with Crippen LogP contribution in [0.25, 0.3) is 22.3 Å². The van der Waals surface area contributed by atoms with Gasteiger partial charge in [-0.05, 0) is 49.8 Å². The Bertz CT molecular complexity index is 1600. The molecule has 1 fully saturated rings. The zero-order valence-corrected chi connectivity index (χ0v) is 23.5. The number of nitrogens with one attached hydrogen (secondary N) is 1. The van der Waals surface area contributed by atoms with Gasteiger partial charge < -0.3 is 14.8 Å². The maximum Gasteiger partial charge on any atom is 0.178 e. The number of hydrogen-bond acceptors (Lipinski definition) is 8. The summed E-state index contributed by atoms with van der Waals surface area (Å²) in [4.78, 5) is 21.3. The molecule has 5 heterocycles. The maximum atomic E-state index is 6.71. The predicted octanol–water partition coefficient (Wildman–Crippen LogP) is 5.76. The molecule has 9 heteroatoms. The number of anilines is 1. The van der Waals surface area contributed by atoms with E-state index < -0.39 is 5.72 Å². The predicted molar refractivity (Wildman–Crippen MR) is 159 cm³/mol. The van der Waals surface area contributed by atoms with Crippen molar-refractivity contribution in [2.75, 3.05) is 38.7 Å². The van der Waals surface area contributed by atoms with Crippen LogP contribution in [0.15, 0.2) is 77.8 Å². The van der Waals surface area contributed by atoms with E-state index in [9.17, 15) is 0 Å². The minimum absolute atomic E-state index is 0.305. The Morgan fingerprint density at radius 2 is 1.95 bits per heavy atom. The summed E-state index contributed by atoms with van der Waals surface area (Å²) in [7, 11) is 1.72. The van der Waals surface area contributed by atoms with Crippen molar-refractivity contribution in [3.63, 3.8) is 0 Å². The third-order valence-electron chi connectivity index (χ3n) is 7.54. The molecule has 0 saturated carbocycles. The summed E-state index contributed by atoms with van der Waals surface area (Å²) in [5.41, 5.74) is 6.27. The van der Waals surface area contributed by atoms with Gasteiger partial charge in [0, 0.05) is 61.0 Å². The monoisotopic (exact) mass is 554 g/mol. The summed E-state index contributed by atoms with van der Waals surface area (Å²) in [5.74, 6) is 0. The van der Waals surface area contributed by atoms with Crippen LogP contribution in [-0.4, -0.2) is 65.2 Å². The first kappa shape index (κ1) is 26.5. The fraction of sp³-hybridized carbons (Fsp3) is 0.290. The van der Waals surface area contributed by atoms with Gasteiger partial charge in [0.2, 0.25) is 0 Å². The average Bonchev–Trinajstić information content (AvgIpc) is 2.99. The third-order valence-corrected chi connectivity index (χ3v) is 7.84. The van der Waals surface area contributed by atoms with Crippen molar-refractivity contribution < 1.29 is 9.47 Å².